The summed E-state index contributed by atoms with van der Waals surface area (Å²) >= 11 is 12.5. The zero-order valence-electron chi connectivity index (χ0n) is 9.41. The van der Waals surface area contributed by atoms with Crippen molar-refractivity contribution in [1.29, 1.82) is 0 Å². The van der Waals surface area contributed by atoms with Crippen molar-refractivity contribution < 1.29 is 14.3 Å². The molecule has 2 aromatic rings. The summed E-state index contributed by atoms with van der Waals surface area (Å²) in [5.74, 6) is -1.61. The number of thiophene rings is 1. The fraction of sp³-hybridized carbons (Fsp3) is 0.0833. The highest BCUT2D eigenvalue weighted by atomic mass is 35.5. The van der Waals surface area contributed by atoms with Crippen molar-refractivity contribution in [1.82, 2.24) is 0 Å². The number of aromatic carboxylic acids is 1. The number of halogens is 3. The molecule has 0 saturated carbocycles. The lowest BCUT2D eigenvalue weighted by molar-refractivity contribution is 0.0702. The summed E-state index contributed by atoms with van der Waals surface area (Å²) in [5.41, 5.74) is 0.571. The van der Waals surface area contributed by atoms with E-state index in [1.807, 2.05) is 0 Å². The fourth-order valence-corrected chi connectivity index (χ4v) is 2.71. The second-order valence-corrected chi connectivity index (χ2v) is 5.66. The van der Waals surface area contributed by atoms with Gasteiger partial charge in [-0.15, -0.1) is 11.3 Å². The van der Waals surface area contributed by atoms with E-state index in [1.54, 1.807) is 6.07 Å². The van der Waals surface area contributed by atoms with Crippen molar-refractivity contribution in [2.24, 2.45) is 0 Å². The van der Waals surface area contributed by atoms with Crippen LogP contribution in [-0.4, -0.2) is 11.1 Å². The highest BCUT2D eigenvalue weighted by molar-refractivity contribution is 7.13. The number of rotatable bonds is 4. The second-order valence-electron chi connectivity index (χ2n) is 3.68. The van der Waals surface area contributed by atoms with Crippen LogP contribution in [0, 0.1) is 5.82 Å². The Morgan fingerprint density at radius 1 is 1.32 bits per heavy atom. The molecule has 1 aromatic carbocycles. The van der Waals surface area contributed by atoms with E-state index in [9.17, 15) is 9.18 Å². The van der Waals surface area contributed by atoms with Gasteiger partial charge >= 0.3 is 5.97 Å². The van der Waals surface area contributed by atoms with Gasteiger partial charge in [-0.1, -0.05) is 23.2 Å². The third kappa shape index (κ3) is 3.37. The molecular weight excluding hydrogens is 312 g/mol. The third-order valence-corrected chi connectivity index (χ3v) is 3.95. The minimum atomic E-state index is -0.955. The van der Waals surface area contributed by atoms with Crippen LogP contribution in [0.5, 0.6) is 0 Å². The molecule has 0 unspecified atom stereocenters. The number of anilines is 1. The van der Waals surface area contributed by atoms with Gasteiger partial charge < -0.3 is 10.4 Å². The first-order valence-electron chi connectivity index (χ1n) is 5.18. The Balaban J connectivity index is 2.08. The lowest BCUT2D eigenvalue weighted by Gasteiger charge is -2.07. The number of hydrogen-bond acceptors (Lipinski definition) is 3. The summed E-state index contributed by atoms with van der Waals surface area (Å²) < 4.78 is 13.2. The maximum Gasteiger partial charge on any atom is 0.345 e. The molecule has 0 saturated heterocycles. The van der Waals surface area contributed by atoms with Crippen LogP contribution in [0.1, 0.15) is 14.5 Å². The number of nitrogens with one attached hydrogen (secondary N) is 1. The molecule has 2 rings (SSSR count). The molecule has 0 aliphatic carbocycles. The highest BCUT2D eigenvalue weighted by Gasteiger charge is 2.09. The Bertz CT molecular complexity index is 607. The monoisotopic (exact) mass is 319 g/mol. The van der Waals surface area contributed by atoms with Gasteiger partial charge in [-0.25, -0.2) is 9.18 Å². The molecule has 7 heteroatoms. The van der Waals surface area contributed by atoms with Gasteiger partial charge in [-0.05, 0) is 24.3 Å². The molecule has 0 spiro atoms. The summed E-state index contributed by atoms with van der Waals surface area (Å²) in [6.45, 7) is 0.413. The van der Waals surface area contributed by atoms with E-state index in [4.69, 9.17) is 28.3 Å². The third-order valence-electron chi connectivity index (χ3n) is 2.32. The van der Waals surface area contributed by atoms with Crippen LogP contribution in [0.4, 0.5) is 10.1 Å². The molecule has 19 heavy (non-hydrogen) atoms. The summed E-state index contributed by atoms with van der Waals surface area (Å²) in [5, 5.41) is 11.7. The first-order valence-corrected chi connectivity index (χ1v) is 6.75. The Labute approximate surface area is 122 Å². The predicted octanol–water partition coefficient (Wildman–Crippen LogP) is 4.50. The SMILES string of the molecule is O=C(O)c1ccc(CNc2cc(Cl)c(F)c(Cl)c2)s1. The van der Waals surface area contributed by atoms with Crippen LogP contribution in [0.2, 0.25) is 10.0 Å². The first-order chi connectivity index (χ1) is 8.97. The number of hydrogen-bond donors (Lipinski definition) is 2. The van der Waals surface area contributed by atoms with E-state index >= 15 is 0 Å². The zero-order chi connectivity index (χ0) is 14.0. The van der Waals surface area contributed by atoms with E-state index in [1.165, 1.54) is 29.5 Å². The molecule has 0 fully saturated rings. The number of benzene rings is 1. The van der Waals surface area contributed by atoms with Crippen LogP contribution in [-0.2, 0) is 6.54 Å². The summed E-state index contributed by atoms with van der Waals surface area (Å²) in [4.78, 5) is 11.8. The molecule has 0 amide bonds. The van der Waals surface area contributed by atoms with Crippen molar-refractivity contribution in [2.45, 2.75) is 6.54 Å². The molecule has 2 N–H and O–H groups in total. The molecular formula is C12H8Cl2FNO2S. The Morgan fingerprint density at radius 3 is 2.47 bits per heavy atom. The lowest BCUT2D eigenvalue weighted by atomic mass is 10.3. The molecule has 100 valence electrons. The minimum Gasteiger partial charge on any atom is -0.477 e. The van der Waals surface area contributed by atoms with Crippen molar-refractivity contribution in [2.75, 3.05) is 5.32 Å². The molecule has 1 heterocycles. The number of carboxylic acids is 1. The van der Waals surface area contributed by atoms with Gasteiger partial charge in [0, 0.05) is 17.1 Å². The van der Waals surface area contributed by atoms with Gasteiger partial charge in [0.05, 0.1) is 10.0 Å². The highest BCUT2D eigenvalue weighted by Crippen LogP contribution is 2.28. The molecule has 0 aliphatic heterocycles. The van der Waals surface area contributed by atoms with Gasteiger partial charge in [0.2, 0.25) is 0 Å². The zero-order valence-corrected chi connectivity index (χ0v) is 11.7. The summed E-state index contributed by atoms with van der Waals surface area (Å²) in [6.07, 6.45) is 0. The average molecular weight is 320 g/mol. The Hall–Kier alpha value is -1.30. The van der Waals surface area contributed by atoms with Gasteiger partial charge in [-0.2, -0.15) is 0 Å². The van der Waals surface area contributed by atoms with Crippen LogP contribution < -0.4 is 5.32 Å². The van der Waals surface area contributed by atoms with Gasteiger partial charge in [0.25, 0.3) is 0 Å². The first kappa shape index (κ1) is 14.1. The van der Waals surface area contributed by atoms with Gasteiger partial charge in [-0.3, -0.25) is 0 Å². The van der Waals surface area contributed by atoms with Crippen LogP contribution >= 0.6 is 34.5 Å². The normalized spacial score (nSPS) is 10.5. The smallest absolute Gasteiger partial charge is 0.345 e. The van der Waals surface area contributed by atoms with E-state index in [0.29, 0.717) is 12.2 Å². The van der Waals surface area contributed by atoms with E-state index in [0.717, 1.165) is 4.88 Å². The number of carboxylic acid groups (broad SMARTS) is 1. The number of carbonyl (C=O) groups is 1. The lowest BCUT2D eigenvalue weighted by Crippen LogP contribution is -1.98. The topological polar surface area (TPSA) is 49.3 Å². The van der Waals surface area contributed by atoms with Crippen LogP contribution in [0.25, 0.3) is 0 Å². The minimum absolute atomic E-state index is 0.0626. The molecule has 3 nitrogen and oxygen atoms in total. The van der Waals surface area contributed by atoms with Gasteiger partial charge in [0.1, 0.15) is 4.88 Å². The quantitative estimate of drug-likeness (QED) is 0.815. The molecule has 1 aromatic heterocycles. The molecule has 0 aliphatic rings. The largest absolute Gasteiger partial charge is 0.477 e. The summed E-state index contributed by atoms with van der Waals surface area (Å²) in [6, 6.07) is 6.10. The maximum absolute atomic E-state index is 13.2. The molecule has 0 atom stereocenters. The second kappa shape index (κ2) is 5.77. The maximum atomic E-state index is 13.2. The Kier molecular flexibility index (Phi) is 4.29. The van der Waals surface area contributed by atoms with Gasteiger partial charge in [0.15, 0.2) is 5.82 Å². The predicted molar refractivity (Wildman–Crippen MR) is 75.0 cm³/mol. The van der Waals surface area contributed by atoms with Crippen LogP contribution in [0.15, 0.2) is 24.3 Å². The standard InChI is InChI=1S/C12H8Cl2FNO2S/c13-8-3-6(4-9(14)11(8)15)16-5-7-1-2-10(19-7)12(17)18/h1-4,16H,5H2,(H,17,18). The fourth-order valence-electron chi connectivity index (χ4n) is 1.43. The van der Waals surface area contributed by atoms with E-state index in [-0.39, 0.29) is 14.9 Å². The van der Waals surface area contributed by atoms with E-state index < -0.39 is 11.8 Å². The van der Waals surface area contributed by atoms with Crippen LogP contribution in [0.3, 0.4) is 0 Å². The van der Waals surface area contributed by atoms with Crippen molar-refractivity contribution >= 4 is 46.2 Å². The van der Waals surface area contributed by atoms with Crippen molar-refractivity contribution in [3.05, 3.63) is 49.9 Å². The molecule has 0 radical (unpaired) electrons. The average Bonchev–Trinajstić information content (AvgIpc) is 2.82. The van der Waals surface area contributed by atoms with E-state index in [2.05, 4.69) is 5.32 Å². The molecule has 0 bridgehead atoms. The summed E-state index contributed by atoms with van der Waals surface area (Å²) in [7, 11) is 0. The van der Waals surface area contributed by atoms with Crippen molar-refractivity contribution in [3.8, 4) is 0 Å². The Morgan fingerprint density at radius 2 is 1.95 bits per heavy atom. The van der Waals surface area contributed by atoms with Crippen molar-refractivity contribution in [3.63, 3.8) is 0 Å².